The molecule has 22 heavy (non-hydrogen) atoms. The van der Waals surface area contributed by atoms with Gasteiger partial charge in [-0.05, 0) is 37.1 Å². The Balaban J connectivity index is 2.00. The number of carbonyl (C=O) groups excluding carboxylic acids is 1. The van der Waals surface area contributed by atoms with Gasteiger partial charge in [-0.25, -0.2) is 0 Å². The Bertz CT molecular complexity index is 615. The fraction of sp³-hybridized carbons (Fsp3) is 0.278. The van der Waals surface area contributed by atoms with Crippen LogP contribution in [0.1, 0.15) is 31.9 Å². The first kappa shape index (κ1) is 16.4. The lowest BCUT2D eigenvalue weighted by molar-refractivity contribution is -0.128. The van der Waals surface area contributed by atoms with Crippen LogP contribution < -0.4 is 10.1 Å². The average molecular weight is 318 g/mol. The number of ether oxygens (including phenoxy) is 1. The number of halogens is 1. The second-order valence-electron chi connectivity index (χ2n) is 5.11. The lowest BCUT2D eigenvalue weighted by Crippen LogP contribution is -2.39. The van der Waals surface area contributed by atoms with E-state index in [0.29, 0.717) is 17.2 Å². The number of rotatable bonds is 6. The summed E-state index contributed by atoms with van der Waals surface area (Å²) in [6, 6.07) is 16.9. The van der Waals surface area contributed by atoms with Crippen LogP contribution in [0.25, 0.3) is 0 Å². The van der Waals surface area contributed by atoms with Crippen LogP contribution in [0.2, 0.25) is 5.02 Å². The van der Waals surface area contributed by atoms with Gasteiger partial charge in [0.05, 0.1) is 6.04 Å². The van der Waals surface area contributed by atoms with Gasteiger partial charge in [0.2, 0.25) is 0 Å². The highest BCUT2D eigenvalue weighted by Crippen LogP contribution is 2.20. The zero-order valence-corrected chi connectivity index (χ0v) is 13.5. The number of carbonyl (C=O) groups is 1. The van der Waals surface area contributed by atoms with Crippen molar-refractivity contribution in [3.63, 3.8) is 0 Å². The SMILES string of the molecule is CC[C@H](Oc1cccc(Cl)c1)C(=O)N[C@@H](C)c1ccccc1. The predicted molar refractivity (Wildman–Crippen MR) is 89.2 cm³/mol. The van der Waals surface area contributed by atoms with Crippen LogP contribution in [0.4, 0.5) is 0 Å². The molecule has 0 aliphatic rings. The lowest BCUT2D eigenvalue weighted by Gasteiger charge is -2.21. The molecule has 2 aromatic carbocycles. The minimum Gasteiger partial charge on any atom is -0.481 e. The second-order valence-corrected chi connectivity index (χ2v) is 5.55. The van der Waals surface area contributed by atoms with Gasteiger partial charge in [0, 0.05) is 5.02 Å². The molecule has 0 radical (unpaired) electrons. The monoisotopic (exact) mass is 317 g/mol. The van der Waals surface area contributed by atoms with E-state index in [4.69, 9.17) is 16.3 Å². The Morgan fingerprint density at radius 3 is 2.55 bits per heavy atom. The smallest absolute Gasteiger partial charge is 0.261 e. The van der Waals surface area contributed by atoms with Crippen LogP contribution in [0.15, 0.2) is 54.6 Å². The summed E-state index contributed by atoms with van der Waals surface area (Å²) in [5.74, 6) is 0.473. The Morgan fingerprint density at radius 2 is 1.91 bits per heavy atom. The van der Waals surface area contributed by atoms with Crippen LogP contribution >= 0.6 is 11.6 Å². The van der Waals surface area contributed by atoms with Crippen molar-refractivity contribution in [3.8, 4) is 5.75 Å². The predicted octanol–water partition coefficient (Wildman–Crippen LogP) is 4.37. The molecule has 116 valence electrons. The number of amides is 1. The Hall–Kier alpha value is -2.00. The van der Waals surface area contributed by atoms with Crippen molar-refractivity contribution in [1.29, 1.82) is 0 Å². The highest BCUT2D eigenvalue weighted by molar-refractivity contribution is 6.30. The summed E-state index contributed by atoms with van der Waals surface area (Å²) in [4.78, 5) is 12.4. The average Bonchev–Trinajstić information content (AvgIpc) is 2.53. The summed E-state index contributed by atoms with van der Waals surface area (Å²) in [7, 11) is 0. The molecule has 0 unspecified atom stereocenters. The molecule has 3 nitrogen and oxygen atoms in total. The largest absolute Gasteiger partial charge is 0.481 e. The van der Waals surface area contributed by atoms with Gasteiger partial charge in [-0.3, -0.25) is 4.79 Å². The van der Waals surface area contributed by atoms with Gasteiger partial charge >= 0.3 is 0 Å². The molecule has 0 spiro atoms. The maximum Gasteiger partial charge on any atom is 0.261 e. The van der Waals surface area contributed by atoms with Gasteiger partial charge in [-0.2, -0.15) is 0 Å². The first-order valence-electron chi connectivity index (χ1n) is 7.37. The van der Waals surface area contributed by atoms with Gasteiger partial charge in [0.15, 0.2) is 6.10 Å². The number of hydrogen-bond acceptors (Lipinski definition) is 2. The van der Waals surface area contributed by atoms with Gasteiger partial charge in [-0.15, -0.1) is 0 Å². The van der Waals surface area contributed by atoms with E-state index in [1.807, 2.05) is 44.2 Å². The van der Waals surface area contributed by atoms with Gasteiger partial charge in [0.1, 0.15) is 5.75 Å². The molecule has 2 rings (SSSR count). The molecule has 0 fully saturated rings. The molecule has 0 bridgehead atoms. The second kappa shape index (κ2) is 7.85. The Labute approximate surface area is 136 Å². The molecule has 0 aliphatic heterocycles. The van der Waals surface area contributed by atoms with Gasteiger partial charge < -0.3 is 10.1 Å². The molecule has 0 heterocycles. The van der Waals surface area contributed by atoms with Crippen molar-refractivity contribution >= 4 is 17.5 Å². The van der Waals surface area contributed by atoms with Gasteiger partial charge in [-0.1, -0.05) is 54.9 Å². The van der Waals surface area contributed by atoms with Crippen LogP contribution in [0, 0.1) is 0 Å². The Morgan fingerprint density at radius 1 is 1.18 bits per heavy atom. The maximum absolute atomic E-state index is 12.4. The third-order valence-electron chi connectivity index (χ3n) is 3.40. The molecule has 0 saturated carbocycles. The summed E-state index contributed by atoms with van der Waals surface area (Å²) in [5, 5.41) is 3.57. The zero-order valence-electron chi connectivity index (χ0n) is 12.8. The number of hydrogen-bond donors (Lipinski definition) is 1. The van der Waals surface area contributed by atoms with Crippen LogP contribution in [-0.4, -0.2) is 12.0 Å². The van der Waals surface area contributed by atoms with Crippen molar-refractivity contribution in [1.82, 2.24) is 5.32 Å². The molecule has 0 aliphatic carbocycles. The van der Waals surface area contributed by atoms with Crippen molar-refractivity contribution in [2.45, 2.75) is 32.4 Å². The maximum atomic E-state index is 12.4. The van der Waals surface area contributed by atoms with Crippen molar-refractivity contribution in [3.05, 3.63) is 65.2 Å². The fourth-order valence-electron chi connectivity index (χ4n) is 2.16. The summed E-state index contributed by atoms with van der Waals surface area (Å²) in [6.45, 7) is 3.88. The van der Waals surface area contributed by atoms with E-state index in [1.54, 1.807) is 24.3 Å². The summed E-state index contributed by atoms with van der Waals surface area (Å²) >= 11 is 5.93. The highest BCUT2D eigenvalue weighted by Gasteiger charge is 2.20. The van der Waals surface area contributed by atoms with E-state index in [-0.39, 0.29) is 11.9 Å². The molecule has 1 amide bonds. The molecule has 4 heteroatoms. The van der Waals surface area contributed by atoms with E-state index < -0.39 is 6.10 Å². The molecular formula is C18H20ClNO2. The summed E-state index contributed by atoms with van der Waals surface area (Å²) in [6.07, 6.45) is 0.0458. The fourth-order valence-corrected chi connectivity index (χ4v) is 2.34. The van der Waals surface area contributed by atoms with E-state index in [0.717, 1.165) is 5.56 Å². The molecule has 2 aromatic rings. The molecule has 0 aromatic heterocycles. The lowest BCUT2D eigenvalue weighted by atomic mass is 10.1. The summed E-state index contributed by atoms with van der Waals surface area (Å²) in [5.41, 5.74) is 1.06. The topological polar surface area (TPSA) is 38.3 Å². The van der Waals surface area contributed by atoms with Gasteiger partial charge in [0.25, 0.3) is 5.91 Å². The number of nitrogens with one attached hydrogen (secondary N) is 1. The van der Waals surface area contributed by atoms with Crippen molar-refractivity contribution < 1.29 is 9.53 Å². The molecular weight excluding hydrogens is 298 g/mol. The first-order valence-corrected chi connectivity index (χ1v) is 7.75. The van der Waals surface area contributed by atoms with E-state index >= 15 is 0 Å². The highest BCUT2D eigenvalue weighted by atomic mass is 35.5. The van der Waals surface area contributed by atoms with E-state index in [1.165, 1.54) is 0 Å². The quantitative estimate of drug-likeness (QED) is 0.859. The van der Waals surface area contributed by atoms with E-state index in [9.17, 15) is 4.79 Å². The van der Waals surface area contributed by atoms with Crippen LogP contribution in [-0.2, 0) is 4.79 Å². The standard InChI is InChI=1S/C18H20ClNO2/c1-3-17(22-16-11-7-10-15(19)12-16)18(21)20-13(2)14-8-5-4-6-9-14/h4-13,17H,3H2,1-2H3,(H,20,21)/t13-,17-/m0/s1. The molecule has 1 N–H and O–H groups in total. The zero-order chi connectivity index (χ0) is 15.9. The molecule has 0 saturated heterocycles. The molecule has 2 atom stereocenters. The summed E-state index contributed by atoms with van der Waals surface area (Å²) < 4.78 is 5.75. The Kier molecular flexibility index (Phi) is 5.84. The minimum absolute atomic E-state index is 0.0642. The van der Waals surface area contributed by atoms with Crippen LogP contribution in [0.5, 0.6) is 5.75 Å². The third-order valence-corrected chi connectivity index (χ3v) is 3.63. The van der Waals surface area contributed by atoms with E-state index in [2.05, 4.69) is 5.32 Å². The third kappa shape index (κ3) is 4.50. The first-order chi connectivity index (χ1) is 10.6. The normalized spacial score (nSPS) is 13.2. The van der Waals surface area contributed by atoms with Crippen LogP contribution in [0.3, 0.4) is 0 Å². The van der Waals surface area contributed by atoms with Crippen molar-refractivity contribution in [2.24, 2.45) is 0 Å². The van der Waals surface area contributed by atoms with Crippen molar-refractivity contribution in [2.75, 3.05) is 0 Å². The minimum atomic E-state index is -0.537. The number of benzene rings is 2.